The van der Waals surface area contributed by atoms with Crippen molar-refractivity contribution in [3.05, 3.63) is 58.7 Å². The first-order valence-electron chi connectivity index (χ1n) is 9.24. The molecule has 0 bridgehead atoms. The van der Waals surface area contributed by atoms with Gasteiger partial charge >= 0.3 is 0 Å². The van der Waals surface area contributed by atoms with Crippen molar-refractivity contribution >= 4 is 39.9 Å². The van der Waals surface area contributed by atoms with Gasteiger partial charge in [0.05, 0.1) is 29.8 Å². The normalized spacial score (nSPS) is 18.5. The lowest BCUT2D eigenvalue weighted by Gasteiger charge is -2.24. The highest BCUT2D eigenvalue weighted by Crippen LogP contribution is 2.38. The second kappa shape index (κ2) is 8.41. The average Bonchev–Trinajstić information content (AvgIpc) is 3.33. The van der Waals surface area contributed by atoms with Crippen LogP contribution in [-0.2, 0) is 9.59 Å². The Balaban J connectivity index is 1.53. The van der Waals surface area contributed by atoms with Crippen molar-refractivity contribution in [2.24, 2.45) is 5.92 Å². The van der Waals surface area contributed by atoms with E-state index in [2.05, 4.69) is 15.3 Å². The number of methoxy groups -OCH3 is 1. The number of rotatable bonds is 5. The summed E-state index contributed by atoms with van der Waals surface area (Å²) in [6.07, 6.45) is 3.50. The third-order valence-electron chi connectivity index (χ3n) is 5.13. The molecule has 0 aliphatic carbocycles. The standard InChI is InChI=1S/C21H19ClN4O3S/c1-26-18(27)9-14(19(26)13-4-3-7-23-10-13)20(28)25-21-24-16(11-30-21)12-5-6-17(29-2)15(22)8-12/h3-8,10-11,14,19H,9H2,1-2H3,(H,24,25,28). The summed E-state index contributed by atoms with van der Waals surface area (Å²) in [5.41, 5.74) is 2.35. The van der Waals surface area contributed by atoms with Crippen LogP contribution in [0.25, 0.3) is 11.3 Å². The molecule has 2 atom stereocenters. The molecule has 2 aromatic heterocycles. The SMILES string of the molecule is COc1ccc(-c2csc(NC(=O)C3CC(=O)N(C)C3c3cccnc3)n2)cc1Cl. The number of nitrogens with one attached hydrogen (secondary N) is 1. The molecule has 0 spiro atoms. The van der Waals surface area contributed by atoms with Gasteiger partial charge in [0.2, 0.25) is 11.8 Å². The first kappa shape index (κ1) is 20.3. The van der Waals surface area contributed by atoms with Crippen molar-refractivity contribution in [3.63, 3.8) is 0 Å². The minimum atomic E-state index is -0.519. The molecule has 1 aliphatic heterocycles. The number of anilines is 1. The molecule has 1 saturated heterocycles. The van der Waals surface area contributed by atoms with Crippen LogP contribution in [-0.4, -0.2) is 40.8 Å². The zero-order chi connectivity index (χ0) is 21.3. The van der Waals surface area contributed by atoms with Crippen molar-refractivity contribution in [1.82, 2.24) is 14.9 Å². The van der Waals surface area contributed by atoms with Crippen LogP contribution < -0.4 is 10.1 Å². The van der Waals surface area contributed by atoms with Gasteiger partial charge in [0.25, 0.3) is 0 Å². The lowest BCUT2D eigenvalue weighted by atomic mass is 9.94. The first-order valence-corrected chi connectivity index (χ1v) is 10.5. The molecular weight excluding hydrogens is 424 g/mol. The van der Waals surface area contributed by atoms with E-state index in [0.29, 0.717) is 21.6 Å². The second-order valence-electron chi connectivity index (χ2n) is 6.92. The highest BCUT2D eigenvalue weighted by molar-refractivity contribution is 7.14. The summed E-state index contributed by atoms with van der Waals surface area (Å²) in [6.45, 7) is 0. The van der Waals surface area contributed by atoms with E-state index in [4.69, 9.17) is 16.3 Å². The maximum absolute atomic E-state index is 13.0. The summed E-state index contributed by atoms with van der Waals surface area (Å²) in [7, 11) is 3.27. The summed E-state index contributed by atoms with van der Waals surface area (Å²) < 4.78 is 5.17. The number of halogens is 1. The number of hydrogen-bond donors (Lipinski definition) is 1. The fourth-order valence-electron chi connectivity index (χ4n) is 3.60. The monoisotopic (exact) mass is 442 g/mol. The third-order valence-corrected chi connectivity index (χ3v) is 6.18. The lowest BCUT2D eigenvalue weighted by molar-refractivity contribution is -0.127. The Labute approximate surface area is 182 Å². The molecule has 154 valence electrons. The molecular formula is C21H19ClN4O3S. The Hall–Kier alpha value is -2.97. The van der Waals surface area contributed by atoms with Gasteiger partial charge < -0.3 is 15.0 Å². The van der Waals surface area contributed by atoms with Gasteiger partial charge in [0, 0.05) is 36.8 Å². The van der Waals surface area contributed by atoms with E-state index in [1.165, 1.54) is 11.3 Å². The van der Waals surface area contributed by atoms with Crippen LogP contribution in [0.2, 0.25) is 5.02 Å². The number of amides is 2. The third kappa shape index (κ3) is 3.88. The average molecular weight is 443 g/mol. The van der Waals surface area contributed by atoms with Gasteiger partial charge in [-0.3, -0.25) is 14.6 Å². The summed E-state index contributed by atoms with van der Waals surface area (Å²) in [5, 5.41) is 5.66. The molecule has 3 aromatic rings. The molecule has 2 amide bonds. The molecule has 1 aliphatic rings. The van der Waals surface area contributed by atoms with Crippen LogP contribution in [0.5, 0.6) is 5.75 Å². The van der Waals surface area contributed by atoms with Crippen LogP contribution in [0, 0.1) is 5.92 Å². The number of ether oxygens (including phenoxy) is 1. The van der Waals surface area contributed by atoms with Gasteiger partial charge in [-0.05, 0) is 29.8 Å². The molecule has 2 unspecified atom stereocenters. The summed E-state index contributed by atoms with van der Waals surface area (Å²) in [6, 6.07) is 8.72. The highest BCUT2D eigenvalue weighted by Gasteiger charge is 2.43. The predicted octanol–water partition coefficient (Wildman–Crippen LogP) is 4.03. The second-order valence-corrected chi connectivity index (χ2v) is 8.19. The molecule has 4 rings (SSSR count). The zero-order valence-electron chi connectivity index (χ0n) is 16.3. The van der Waals surface area contributed by atoms with E-state index in [0.717, 1.165) is 11.1 Å². The van der Waals surface area contributed by atoms with Crippen molar-refractivity contribution in [3.8, 4) is 17.0 Å². The highest BCUT2D eigenvalue weighted by atomic mass is 35.5. The fourth-order valence-corrected chi connectivity index (χ4v) is 4.58. The van der Waals surface area contributed by atoms with Crippen LogP contribution >= 0.6 is 22.9 Å². The number of aromatic nitrogens is 2. The van der Waals surface area contributed by atoms with Crippen LogP contribution in [0.3, 0.4) is 0 Å². The molecule has 0 radical (unpaired) electrons. The van der Waals surface area contributed by atoms with E-state index in [1.54, 1.807) is 49.7 Å². The molecule has 7 nitrogen and oxygen atoms in total. The number of benzene rings is 1. The Morgan fingerprint density at radius 2 is 2.20 bits per heavy atom. The van der Waals surface area contributed by atoms with Crippen LogP contribution in [0.1, 0.15) is 18.0 Å². The molecule has 3 heterocycles. The minimum absolute atomic E-state index is 0.0725. The number of pyridine rings is 1. The Morgan fingerprint density at radius 3 is 2.90 bits per heavy atom. The molecule has 30 heavy (non-hydrogen) atoms. The smallest absolute Gasteiger partial charge is 0.232 e. The number of nitrogens with zero attached hydrogens (tertiary/aromatic N) is 3. The largest absolute Gasteiger partial charge is 0.495 e. The van der Waals surface area contributed by atoms with Gasteiger partial charge in [-0.1, -0.05) is 17.7 Å². The van der Waals surface area contributed by atoms with Gasteiger partial charge in [-0.2, -0.15) is 0 Å². The Kier molecular flexibility index (Phi) is 5.69. The number of likely N-dealkylation sites (tertiary alicyclic amines) is 1. The van der Waals surface area contributed by atoms with E-state index in [1.807, 2.05) is 17.5 Å². The topological polar surface area (TPSA) is 84.4 Å². The minimum Gasteiger partial charge on any atom is -0.495 e. The van der Waals surface area contributed by atoms with Gasteiger partial charge in [-0.15, -0.1) is 11.3 Å². The molecule has 0 saturated carbocycles. The zero-order valence-corrected chi connectivity index (χ0v) is 17.9. The molecule has 1 fully saturated rings. The van der Waals surface area contributed by atoms with Gasteiger partial charge in [-0.25, -0.2) is 4.98 Å². The summed E-state index contributed by atoms with van der Waals surface area (Å²) in [5.74, 6) is -0.248. The fraction of sp³-hybridized carbons (Fsp3) is 0.238. The summed E-state index contributed by atoms with van der Waals surface area (Å²) in [4.78, 5) is 35.5. The van der Waals surface area contributed by atoms with Crippen molar-refractivity contribution in [1.29, 1.82) is 0 Å². The van der Waals surface area contributed by atoms with Crippen molar-refractivity contribution in [2.45, 2.75) is 12.5 Å². The number of carbonyl (C=O) groups excluding carboxylic acids is 2. The molecule has 1 N–H and O–H groups in total. The Morgan fingerprint density at radius 1 is 1.37 bits per heavy atom. The Bertz CT molecular complexity index is 1090. The maximum atomic E-state index is 13.0. The number of thiazole rings is 1. The van der Waals surface area contributed by atoms with Gasteiger partial charge in [0.15, 0.2) is 5.13 Å². The van der Waals surface area contributed by atoms with E-state index < -0.39 is 5.92 Å². The van der Waals surface area contributed by atoms with Gasteiger partial charge in [0.1, 0.15) is 5.75 Å². The van der Waals surface area contributed by atoms with Crippen LogP contribution in [0.4, 0.5) is 5.13 Å². The van der Waals surface area contributed by atoms with E-state index >= 15 is 0 Å². The van der Waals surface area contributed by atoms with Crippen molar-refractivity contribution < 1.29 is 14.3 Å². The quantitative estimate of drug-likeness (QED) is 0.645. The van der Waals surface area contributed by atoms with Crippen LogP contribution in [0.15, 0.2) is 48.1 Å². The summed E-state index contributed by atoms with van der Waals surface area (Å²) >= 11 is 7.52. The number of hydrogen-bond acceptors (Lipinski definition) is 6. The van der Waals surface area contributed by atoms with E-state index in [-0.39, 0.29) is 24.3 Å². The van der Waals surface area contributed by atoms with E-state index in [9.17, 15) is 9.59 Å². The first-order chi connectivity index (χ1) is 14.5. The molecule has 9 heteroatoms. The predicted molar refractivity (Wildman–Crippen MR) is 116 cm³/mol. The maximum Gasteiger partial charge on any atom is 0.232 e. The molecule has 1 aromatic carbocycles. The lowest BCUT2D eigenvalue weighted by Crippen LogP contribution is -2.30. The van der Waals surface area contributed by atoms with Crippen molar-refractivity contribution in [2.75, 3.05) is 19.5 Å². The number of carbonyl (C=O) groups is 2.